The Kier molecular flexibility index (Phi) is 6.14. The first-order valence-corrected chi connectivity index (χ1v) is 6.00. The van der Waals surface area contributed by atoms with Gasteiger partial charge in [-0.15, -0.1) is 6.58 Å². The third-order valence-corrected chi connectivity index (χ3v) is 2.90. The predicted octanol–water partition coefficient (Wildman–Crippen LogP) is 3.14. The zero-order chi connectivity index (χ0) is 13.6. The minimum absolute atomic E-state index is 0.0411. The molecule has 98 valence electrons. The second-order valence-corrected chi connectivity index (χ2v) is 5.30. The van der Waals surface area contributed by atoms with E-state index >= 15 is 0 Å². The highest BCUT2D eigenvalue weighted by Crippen LogP contribution is 2.30. The van der Waals surface area contributed by atoms with Gasteiger partial charge in [0, 0.05) is 6.42 Å². The molecule has 0 amide bonds. The fraction of sp³-hybridized carbons (Fsp3) is 0.714. The Morgan fingerprint density at radius 2 is 1.88 bits per heavy atom. The molecule has 1 atom stereocenters. The van der Waals surface area contributed by atoms with Crippen LogP contribution in [-0.4, -0.2) is 18.9 Å². The average Bonchev–Trinajstić information content (AvgIpc) is 2.23. The summed E-state index contributed by atoms with van der Waals surface area (Å²) in [5.74, 6) is -0.235. The van der Waals surface area contributed by atoms with Crippen molar-refractivity contribution in [1.82, 2.24) is 0 Å². The van der Waals surface area contributed by atoms with Crippen LogP contribution in [0.3, 0.4) is 0 Å². The maximum Gasteiger partial charge on any atom is 0.319 e. The minimum Gasteiger partial charge on any atom is -0.468 e. The number of rotatable bonds is 7. The van der Waals surface area contributed by atoms with Crippen molar-refractivity contribution in [3.63, 3.8) is 0 Å². The van der Waals surface area contributed by atoms with Crippen LogP contribution >= 0.6 is 0 Å². The van der Waals surface area contributed by atoms with Crippen molar-refractivity contribution >= 4 is 11.8 Å². The van der Waals surface area contributed by atoms with Gasteiger partial charge in [0.2, 0.25) is 0 Å². The molecular weight excluding hydrogens is 216 g/mol. The number of allylic oxidation sites excluding steroid dienone is 1. The first-order valence-electron chi connectivity index (χ1n) is 6.00. The summed E-state index contributed by atoms with van der Waals surface area (Å²) in [4.78, 5) is 24.0. The standard InChI is InChI=1S/C14H24O3/c1-10(2)7-8-14(5,13(16)17-6)12(15)9-11(3)4/h11H,1,7-9H2,2-6H3/t14-/m0/s1. The van der Waals surface area contributed by atoms with Crippen molar-refractivity contribution in [2.75, 3.05) is 7.11 Å². The SMILES string of the molecule is C=C(C)CC[C@@](C)(C(=O)CC(C)C)C(=O)OC. The molecule has 0 fully saturated rings. The smallest absolute Gasteiger partial charge is 0.319 e. The van der Waals surface area contributed by atoms with E-state index < -0.39 is 11.4 Å². The summed E-state index contributed by atoms with van der Waals surface area (Å²) in [6.45, 7) is 11.3. The number of esters is 1. The Labute approximate surface area is 104 Å². The zero-order valence-electron chi connectivity index (χ0n) is 11.6. The molecule has 0 N–H and O–H groups in total. The molecule has 0 aromatic rings. The van der Waals surface area contributed by atoms with Gasteiger partial charge in [-0.25, -0.2) is 0 Å². The van der Waals surface area contributed by atoms with E-state index in [-0.39, 0.29) is 11.7 Å². The molecule has 0 radical (unpaired) electrons. The van der Waals surface area contributed by atoms with Gasteiger partial charge in [0.25, 0.3) is 0 Å². The fourth-order valence-corrected chi connectivity index (χ4v) is 1.64. The molecule has 0 heterocycles. The second-order valence-electron chi connectivity index (χ2n) is 5.30. The topological polar surface area (TPSA) is 43.4 Å². The number of ketones is 1. The lowest BCUT2D eigenvalue weighted by molar-refractivity contribution is -0.157. The molecule has 3 nitrogen and oxygen atoms in total. The van der Waals surface area contributed by atoms with Crippen LogP contribution in [0.1, 0.15) is 47.0 Å². The minimum atomic E-state index is -1.03. The summed E-state index contributed by atoms with van der Waals surface area (Å²) in [7, 11) is 1.32. The molecule has 17 heavy (non-hydrogen) atoms. The zero-order valence-corrected chi connectivity index (χ0v) is 11.6. The van der Waals surface area contributed by atoms with Crippen LogP contribution in [0.5, 0.6) is 0 Å². The van der Waals surface area contributed by atoms with Crippen LogP contribution in [0, 0.1) is 11.3 Å². The third kappa shape index (κ3) is 4.72. The lowest BCUT2D eigenvalue weighted by atomic mass is 9.77. The molecule has 0 aromatic heterocycles. The van der Waals surface area contributed by atoms with Crippen LogP contribution in [-0.2, 0) is 14.3 Å². The van der Waals surface area contributed by atoms with Gasteiger partial charge in [0.05, 0.1) is 7.11 Å². The van der Waals surface area contributed by atoms with Crippen molar-refractivity contribution in [1.29, 1.82) is 0 Å². The number of ether oxygens (including phenoxy) is 1. The molecular formula is C14H24O3. The van der Waals surface area contributed by atoms with Crippen molar-refractivity contribution in [3.8, 4) is 0 Å². The average molecular weight is 240 g/mol. The molecule has 0 aliphatic carbocycles. The molecule has 0 saturated carbocycles. The van der Waals surface area contributed by atoms with E-state index in [1.54, 1.807) is 6.92 Å². The van der Waals surface area contributed by atoms with Gasteiger partial charge in [-0.2, -0.15) is 0 Å². The normalized spacial score (nSPS) is 14.2. The van der Waals surface area contributed by atoms with E-state index in [0.717, 1.165) is 5.57 Å². The molecule has 0 aliphatic rings. The molecule has 0 aromatic carbocycles. The van der Waals surface area contributed by atoms with Gasteiger partial charge >= 0.3 is 5.97 Å². The maximum atomic E-state index is 12.2. The summed E-state index contributed by atoms with van der Waals surface area (Å²) in [6.07, 6.45) is 1.54. The highest BCUT2D eigenvalue weighted by atomic mass is 16.5. The summed E-state index contributed by atoms with van der Waals surface area (Å²) in [5.41, 5.74) is -0.0599. The number of Topliss-reactive ketones (excluding diaryl/α,β-unsaturated/α-hetero) is 1. The quantitative estimate of drug-likeness (QED) is 0.390. The summed E-state index contributed by atoms with van der Waals surface area (Å²) in [6, 6.07) is 0. The molecule has 0 rings (SSSR count). The molecule has 0 bridgehead atoms. The highest BCUT2D eigenvalue weighted by Gasteiger charge is 2.41. The first kappa shape index (κ1) is 15.9. The van der Waals surface area contributed by atoms with Crippen molar-refractivity contribution in [2.24, 2.45) is 11.3 Å². The Balaban J connectivity index is 4.89. The van der Waals surface area contributed by atoms with Crippen molar-refractivity contribution in [3.05, 3.63) is 12.2 Å². The summed E-state index contributed by atoms with van der Waals surface area (Å²) in [5, 5.41) is 0. The summed E-state index contributed by atoms with van der Waals surface area (Å²) >= 11 is 0. The van der Waals surface area contributed by atoms with E-state index in [1.165, 1.54) is 7.11 Å². The van der Waals surface area contributed by atoms with Crippen LogP contribution in [0.15, 0.2) is 12.2 Å². The molecule has 0 aliphatic heterocycles. The van der Waals surface area contributed by atoms with Gasteiger partial charge in [-0.3, -0.25) is 9.59 Å². The number of carbonyl (C=O) groups excluding carboxylic acids is 2. The fourth-order valence-electron chi connectivity index (χ4n) is 1.64. The molecule has 0 spiro atoms. The van der Waals surface area contributed by atoms with Gasteiger partial charge < -0.3 is 4.74 Å². The molecule has 0 unspecified atom stereocenters. The van der Waals surface area contributed by atoms with E-state index in [4.69, 9.17) is 4.74 Å². The second kappa shape index (κ2) is 6.58. The predicted molar refractivity (Wildman–Crippen MR) is 68.6 cm³/mol. The van der Waals surface area contributed by atoms with Crippen molar-refractivity contribution in [2.45, 2.75) is 47.0 Å². The van der Waals surface area contributed by atoms with E-state index in [9.17, 15) is 9.59 Å². The first-order chi connectivity index (χ1) is 7.74. The van der Waals surface area contributed by atoms with Gasteiger partial charge in [0.1, 0.15) is 11.2 Å². The number of hydrogen-bond acceptors (Lipinski definition) is 3. The Morgan fingerprint density at radius 3 is 2.24 bits per heavy atom. The number of hydrogen-bond donors (Lipinski definition) is 0. The number of carbonyl (C=O) groups is 2. The van der Waals surface area contributed by atoms with Crippen LogP contribution in [0.4, 0.5) is 0 Å². The van der Waals surface area contributed by atoms with E-state index in [0.29, 0.717) is 19.3 Å². The number of methoxy groups -OCH3 is 1. The maximum absolute atomic E-state index is 12.2. The van der Waals surface area contributed by atoms with Gasteiger partial charge in [-0.1, -0.05) is 19.4 Å². The van der Waals surface area contributed by atoms with Gasteiger partial charge in [-0.05, 0) is 32.6 Å². The Morgan fingerprint density at radius 1 is 1.35 bits per heavy atom. The van der Waals surface area contributed by atoms with Crippen LogP contribution in [0.2, 0.25) is 0 Å². The van der Waals surface area contributed by atoms with Crippen molar-refractivity contribution < 1.29 is 14.3 Å². The molecule has 0 saturated heterocycles. The Hall–Kier alpha value is -1.12. The van der Waals surface area contributed by atoms with E-state index in [1.807, 2.05) is 20.8 Å². The summed E-state index contributed by atoms with van der Waals surface area (Å²) < 4.78 is 4.76. The third-order valence-electron chi connectivity index (χ3n) is 2.90. The van der Waals surface area contributed by atoms with Crippen LogP contribution in [0.25, 0.3) is 0 Å². The largest absolute Gasteiger partial charge is 0.468 e. The monoisotopic (exact) mass is 240 g/mol. The highest BCUT2D eigenvalue weighted by molar-refractivity contribution is 6.03. The lowest BCUT2D eigenvalue weighted by Gasteiger charge is -2.26. The lowest BCUT2D eigenvalue weighted by Crippen LogP contribution is -2.38. The molecule has 3 heteroatoms. The Bertz CT molecular complexity index is 305. The van der Waals surface area contributed by atoms with E-state index in [2.05, 4.69) is 6.58 Å². The van der Waals surface area contributed by atoms with Crippen LogP contribution < -0.4 is 0 Å². The van der Waals surface area contributed by atoms with Gasteiger partial charge in [0.15, 0.2) is 0 Å².